The van der Waals surface area contributed by atoms with Crippen LogP contribution in [0.1, 0.15) is 21.5 Å². The largest absolute Gasteiger partial charge is 0.489 e. The van der Waals surface area contributed by atoms with Crippen LogP contribution >= 0.6 is 0 Å². The summed E-state index contributed by atoms with van der Waals surface area (Å²) in [4.78, 5) is 15.1. The van der Waals surface area contributed by atoms with E-state index in [2.05, 4.69) is 4.98 Å². The summed E-state index contributed by atoms with van der Waals surface area (Å²) in [6.07, 6.45) is 5.45. The second-order valence-electron chi connectivity index (χ2n) is 5.19. The van der Waals surface area contributed by atoms with Crippen molar-refractivity contribution < 1.29 is 9.53 Å². The lowest BCUT2D eigenvalue weighted by Gasteiger charge is -2.12. The maximum atomic E-state index is 11.1. The highest BCUT2D eigenvalue weighted by Crippen LogP contribution is 2.20. The number of primary amides is 1. The summed E-state index contributed by atoms with van der Waals surface area (Å²) in [6, 6.07) is 15.0. The molecule has 0 aliphatic heterocycles. The Balaban J connectivity index is 1.69. The van der Waals surface area contributed by atoms with Crippen LogP contribution in [-0.2, 0) is 13.2 Å². The number of hydrogen-bond acceptors (Lipinski definition) is 3. The number of hydrogen-bond donors (Lipinski definition) is 1. The van der Waals surface area contributed by atoms with E-state index in [1.807, 2.05) is 47.2 Å². The monoisotopic (exact) mass is 307 g/mol. The predicted octanol–water partition coefficient (Wildman–Crippen LogP) is 2.61. The van der Waals surface area contributed by atoms with Crippen LogP contribution < -0.4 is 10.5 Å². The van der Waals surface area contributed by atoms with Crippen LogP contribution in [0.15, 0.2) is 67.3 Å². The molecule has 0 saturated carbocycles. The first-order valence-electron chi connectivity index (χ1n) is 7.27. The van der Waals surface area contributed by atoms with Gasteiger partial charge in [-0.15, -0.1) is 0 Å². The summed E-state index contributed by atoms with van der Waals surface area (Å²) < 4.78 is 7.91. The number of nitrogens with zero attached hydrogens (tertiary/aromatic N) is 2. The minimum Gasteiger partial charge on any atom is -0.489 e. The molecule has 2 aromatic carbocycles. The Kier molecular flexibility index (Phi) is 4.38. The quantitative estimate of drug-likeness (QED) is 0.761. The molecule has 116 valence electrons. The minimum atomic E-state index is -0.428. The van der Waals surface area contributed by atoms with E-state index in [4.69, 9.17) is 10.5 Å². The van der Waals surface area contributed by atoms with Gasteiger partial charge in [-0.05, 0) is 23.8 Å². The Morgan fingerprint density at radius 2 is 1.91 bits per heavy atom. The second kappa shape index (κ2) is 6.79. The Morgan fingerprint density at radius 1 is 1.13 bits per heavy atom. The Hall–Kier alpha value is -3.08. The van der Waals surface area contributed by atoms with Gasteiger partial charge in [0.25, 0.3) is 0 Å². The van der Waals surface area contributed by atoms with E-state index in [-0.39, 0.29) is 0 Å². The number of para-hydroxylation sites is 1. The van der Waals surface area contributed by atoms with E-state index in [0.29, 0.717) is 18.7 Å². The molecule has 1 aromatic heterocycles. The molecule has 0 aliphatic carbocycles. The molecule has 0 aliphatic rings. The van der Waals surface area contributed by atoms with E-state index < -0.39 is 5.91 Å². The number of carbonyl (C=O) groups excluding carboxylic acids is 1. The average Bonchev–Trinajstić information content (AvgIpc) is 3.07. The van der Waals surface area contributed by atoms with Crippen molar-refractivity contribution in [1.29, 1.82) is 0 Å². The van der Waals surface area contributed by atoms with E-state index >= 15 is 0 Å². The van der Waals surface area contributed by atoms with E-state index in [9.17, 15) is 4.79 Å². The topological polar surface area (TPSA) is 70.1 Å². The molecule has 3 rings (SSSR count). The Morgan fingerprint density at radius 3 is 2.61 bits per heavy atom. The first-order valence-corrected chi connectivity index (χ1v) is 7.27. The van der Waals surface area contributed by atoms with Crippen molar-refractivity contribution in [3.05, 3.63) is 83.9 Å². The number of nitrogens with two attached hydrogens (primary N) is 1. The van der Waals surface area contributed by atoms with Gasteiger partial charge in [0.1, 0.15) is 12.4 Å². The van der Waals surface area contributed by atoms with E-state index in [1.54, 1.807) is 24.7 Å². The van der Waals surface area contributed by atoms with Crippen molar-refractivity contribution in [2.75, 3.05) is 0 Å². The standard InChI is InChI=1S/C18H17N3O2/c19-18(22)15-7-5-14(6-8-15)12-23-17-4-2-1-3-16(17)11-21-10-9-20-13-21/h1-10,13H,11-12H2,(H2,19,22). The molecular formula is C18H17N3O2. The number of carbonyl (C=O) groups is 1. The number of aromatic nitrogens is 2. The fourth-order valence-electron chi connectivity index (χ4n) is 2.28. The third-order valence-corrected chi connectivity index (χ3v) is 3.52. The van der Waals surface area contributed by atoms with Gasteiger partial charge in [0.2, 0.25) is 5.91 Å². The molecule has 0 fully saturated rings. The molecule has 0 atom stereocenters. The summed E-state index contributed by atoms with van der Waals surface area (Å²) in [5, 5.41) is 0. The fraction of sp³-hybridized carbons (Fsp3) is 0.111. The average molecular weight is 307 g/mol. The molecular weight excluding hydrogens is 290 g/mol. The van der Waals surface area contributed by atoms with Crippen molar-refractivity contribution >= 4 is 5.91 Å². The van der Waals surface area contributed by atoms with Crippen LogP contribution in [0.25, 0.3) is 0 Å². The van der Waals surface area contributed by atoms with Crippen LogP contribution in [0.2, 0.25) is 0 Å². The Bertz CT molecular complexity index is 780. The zero-order valence-electron chi connectivity index (χ0n) is 12.6. The van der Waals surface area contributed by atoms with Crippen LogP contribution in [0.4, 0.5) is 0 Å². The molecule has 2 N–H and O–H groups in total. The van der Waals surface area contributed by atoms with Crippen LogP contribution in [0.3, 0.4) is 0 Å². The number of amides is 1. The zero-order valence-corrected chi connectivity index (χ0v) is 12.6. The molecule has 0 spiro atoms. The maximum absolute atomic E-state index is 11.1. The van der Waals surface area contributed by atoms with E-state index in [0.717, 1.165) is 16.9 Å². The SMILES string of the molecule is NC(=O)c1ccc(COc2ccccc2Cn2ccnc2)cc1. The summed E-state index contributed by atoms with van der Waals surface area (Å²) >= 11 is 0. The van der Waals surface area contributed by atoms with Crippen LogP contribution in [-0.4, -0.2) is 15.5 Å². The molecule has 5 nitrogen and oxygen atoms in total. The molecule has 23 heavy (non-hydrogen) atoms. The van der Waals surface area contributed by atoms with Gasteiger partial charge in [0.05, 0.1) is 12.9 Å². The lowest BCUT2D eigenvalue weighted by atomic mass is 10.1. The van der Waals surface area contributed by atoms with Crippen molar-refractivity contribution in [3.63, 3.8) is 0 Å². The third-order valence-electron chi connectivity index (χ3n) is 3.52. The minimum absolute atomic E-state index is 0.428. The van der Waals surface area contributed by atoms with Gasteiger partial charge in [0.15, 0.2) is 0 Å². The van der Waals surface area contributed by atoms with Gasteiger partial charge in [-0.3, -0.25) is 4.79 Å². The van der Waals surface area contributed by atoms with Gasteiger partial charge < -0.3 is 15.0 Å². The zero-order chi connectivity index (χ0) is 16.1. The molecule has 1 heterocycles. The molecule has 5 heteroatoms. The number of benzene rings is 2. The Labute approximate surface area is 134 Å². The molecule has 1 amide bonds. The van der Waals surface area contributed by atoms with Crippen molar-refractivity contribution in [2.24, 2.45) is 5.73 Å². The van der Waals surface area contributed by atoms with Crippen molar-refractivity contribution in [3.8, 4) is 5.75 Å². The number of rotatable bonds is 6. The predicted molar refractivity (Wildman–Crippen MR) is 87.1 cm³/mol. The van der Waals surface area contributed by atoms with Gasteiger partial charge in [-0.2, -0.15) is 0 Å². The third kappa shape index (κ3) is 3.77. The highest BCUT2D eigenvalue weighted by Gasteiger charge is 2.05. The summed E-state index contributed by atoms with van der Waals surface area (Å²) in [5.41, 5.74) is 7.79. The first-order chi connectivity index (χ1) is 11.2. The fourth-order valence-corrected chi connectivity index (χ4v) is 2.28. The van der Waals surface area contributed by atoms with Gasteiger partial charge in [-0.1, -0.05) is 30.3 Å². The highest BCUT2D eigenvalue weighted by atomic mass is 16.5. The molecule has 0 radical (unpaired) electrons. The van der Waals surface area contributed by atoms with Crippen LogP contribution in [0, 0.1) is 0 Å². The van der Waals surface area contributed by atoms with Gasteiger partial charge >= 0.3 is 0 Å². The molecule has 0 bridgehead atoms. The van der Waals surface area contributed by atoms with Crippen molar-refractivity contribution in [2.45, 2.75) is 13.2 Å². The summed E-state index contributed by atoms with van der Waals surface area (Å²) in [5.74, 6) is 0.406. The van der Waals surface area contributed by atoms with Gasteiger partial charge in [0, 0.05) is 23.5 Å². The lowest BCUT2D eigenvalue weighted by molar-refractivity contribution is 0.1000. The normalized spacial score (nSPS) is 10.4. The van der Waals surface area contributed by atoms with Gasteiger partial charge in [-0.25, -0.2) is 4.98 Å². The summed E-state index contributed by atoms with van der Waals surface area (Å²) in [6.45, 7) is 1.14. The molecule has 0 saturated heterocycles. The molecule has 3 aromatic rings. The number of imidazole rings is 1. The highest BCUT2D eigenvalue weighted by molar-refractivity contribution is 5.92. The second-order valence-corrected chi connectivity index (χ2v) is 5.19. The lowest BCUT2D eigenvalue weighted by Crippen LogP contribution is -2.10. The molecule has 0 unspecified atom stereocenters. The number of ether oxygens (including phenoxy) is 1. The smallest absolute Gasteiger partial charge is 0.248 e. The van der Waals surface area contributed by atoms with E-state index in [1.165, 1.54) is 0 Å². The van der Waals surface area contributed by atoms with Crippen molar-refractivity contribution in [1.82, 2.24) is 9.55 Å². The first kappa shape index (κ1) is 14.8. The summed E-state index contributed by atoms with van der Waals surface area (Å²) in [7, 11) is 0. The maximum Gasteiger partial charge on any atom is 0.248 e. The van der Waals surface area contributed by atoms with Crippen LogP contribution in [0.5, 0.6) is 5.75 Å².